The zero-order valence-corrected chi connectivity index (χ0v) is 23.1. The van der Waals surface area contributed by atoms with Gasteiger partial charge in [-0.25, -0.2) is 23.5 Å². The molecule has 1 fully saturated rings. The fraction of sp³-hybridized carbons (Fsp3) is 0.448. The van der Waals surface area contributed by atoms with Crippen molar-refractivity contribution < 1.29 is 27.8 Å². The number of piperidine rings is 1. The maximum absolute atomic E-state index is 14.1. The smallest absolute Gasteiger partial charge is 0.418 e. The summed E-state index contributed by atoms with van der Waals surface area (Å²) in [6, 6.07) is 5.10. The second kappa shape index (κ2) is 10.9. The standard InChI is InChI=1S/C29H33F2N5O4/c1-18(37)35-14-10-23-24(17-35)32-26(19-7-11-36(16-19)28(38)40-29(2,3)4)27(33-23)34-12-8-21(9-13-34)39-25-6-5-20(30)15-22(25)31/h5-7,11,15-16,21H,8-10,12-14,17H2,1-4H3. The Labute approximate surface area is 231 Å². The van der Waals surface area contributed by atoms with Gasteiger partial charge < -0.3 is 19.3 Å². The summed E-state index contributed by atoms with van der Waals surface area (Å²) >= 11 is 0. The van der Waals surface area contributed by atoms with Crippen LogP contribution in [0.4, 0.5) is 19.4 Å². The van der Waals surface area contributed by atoms with E-state index in [1.807, 2.05) is 0 Å². The van der Waals surface area contributed by atoms with Crippen LogP contribution in [0.15, 0.2) is 36.7 Å². The third kappa shape index (κ3) is 6.08. The summed E-state index contributed by atoms with van der Waals surface area (Å²) in [5.74, 6) is -0.672. The van der Waals surface area contributed by atoms with E-state index in [-0.39, 0.29) is 17.8 Å². The first-order valence-electron chi connectivity index (χ1n) is 13.4. The zero-order chi connectivity index (χ0) is 28.6. The largest absolute Gasteiger partial charge is 0.487 e. The van der Waals surface area contributed by atoms with Crippen LogP contribution in [-0.2, 0) is 22.5 Å². The van der Waals surface area contributed by atoms with Gasteiger partial charge in [-0.2, -0.15) is 0 Å². The van der Waals surface area contributed by atoms with Crippen LogP contribution >= 0.6 is 0 Å². The second-order valence-corrected chi connectivity index (χ2v) is 11.1. The fourth-order valence-corrected chi connectivity index (χ4v) is 4.91. The number of carbonyl (C=O) groups is 2. The summed E-state index contributed by atoms with van der Waals surface area (Å²) in [4.78, 5) is 38.5. The average Bonchev–Trinajstić information content (AvgIpc) is 3.39. The Balaban J connectivity index is 1.41. The number of hydrogen-bond acceptors (Lipinski definition) is 7. The Hall–Kier alpha value is -4.02. The molecule has 2 aliphatic rings. The lowest BCUT2D eigenvalue weighted by Crippen LogP contribution is -2.40. The van der Waals surface area contributed by atoms with Crippen LogP contribution in [0.25, 0.3) is 11.3 Å². The molecule has 212 valence electrons. The van der Waals surface area contributed by atoms with Crippen LogP contribution in [0, 0.1) is 11.6 Å². The van der Waals surface area contributed by atoms with Crippen LogP contribution in [0.3, 0.4) is 0 Å². The van der Waals surface area contributed by atoms with Crippen molar-refractivity contribution in [3.63, 3.8) is 0 Å². The Kier molecular flexibility index (Phi) is 7.48. The second-order valence-electron chi connectivity index (χ2n) is 11.1. The van der Waals surface area contributed by atoms with Crippen molar-refractivity contribution in [2.45, 2.75) is 65.2 Å². The Morgan fingerprint density at radius 3 is 2.45 bits per heavy atom. The summed E-state index contributed by atoms with van der Waals surface area (Å²) in [7, 11) is 0. The van der Waals surface area contributed by atoms with Crippen LogP contribution in [0.5, 0.6) is 5.75 Å². The molecule has 4 heterocycles. The first kappa shape index (κ1) is 27.5. The van der Waals surface area contributed by atoms with Gasteiger partial charge in [0, 0.05) is 69.8 Å². The zero-order valence-electron chi connectivity index (χ0n) is 23.1. The molecule has 1 amide bonds. The SMILES string of the molecule is CC(=O)N1CCc2nc(N3CCC(Oc4ccc(F)cc4F)CC3)c(-c3ccn(C(=O)OC(C)(C)C)c3)nc2C1. The Bertz CT molecular complexity index is 1430. The number of amides is 1. The molecule has 0 bridgehead atoms. The molecular weight excluding hydrogens is 520 g/mol. The monoisotopic (exact) mass is 553 g/mol. The molecule has 0 radical (unpaired) electrons. The van der Waals surface area contributed by atoms with Crippen molar-refractivity contribution in [2.24, 2.45) is 0 Å². The van der Waals surface area contributed by atoms with Gasteiger partial charge in [-0.3, -0.25) is 9.36 Å². The third-order valence-electron chi connectivity index (χ3n) is 6.94. The molecule has 0 aliphatic carbocycles. The molecule has 0 unspecified atom stereocenters. The lowest BCUT2D eigenvalue weighted by Gasteiger charge is -2.35. The molecule has 5 rings (SSSR count). The first-order chi connectivity index (χ1) is 19.0. The summed E-state index contributed by atoms with van der Waals surface area (Å²) in [5.41, 5.74) is 2.24. The molecule has 11 heteroatoms. The number of benzene rings is 1. The molecular formula is C29H33F2N5O4. The van der Waals surface area contributed by atoms with E-state index in [1.165, 1.54) is 16.7 Å². The predicted octanol–water partition coefficient (Wildman–Crippen LogP) is 4.96. The molecule has 1 saturated heterocycles. The molecule has 0 spiro atoms. The first-order valence-corrected chi connectivity index (χ1v) is 13.4. The highest BCUT2D eigenvalue weighted by molar-refractivity contribution is 5.78. The van der Waals surface area contributed by atoms with Gasteiger partial charge in [0.2, 0.25) is 5.91 Å². The number of fused-ring (bicyclic) bond motifs is 1. The normalized spacial score (nSPS) is 16.1. The number of ether oxygens (including phenoxy) is 2. The van der Waals surface area contributed by atoms with Crippen molar-refractivity contribution in [3.8, 4) is 17.0 Å². The van der Waals surface area contributed by atoms with Gasteiger partial charge in [-0.15, -0.1) is 0 Å². The summed E-state index contributed by atoms with van der Waals surface area (Å²) in [5, 5.41) is 0. The number of halogens is 2. The van der Waals surface area contributed by atoms with Crippen molar-refractivity contribution in [1.82, 2.24) is 19.4 Å². The van der Waals surface area contributed by atoms with Gasteiger partial charge in [-0.05, 0) is 39.0 Å². The van der Waals surface area contributed by atoms with Crippen molar-refractivity contribution in [1.29, 1.82) is 0 Å². The van der Waals surface area contributed by atoms with Gasteiger partial charge in [0.15, 0.2) is 17.4 Å². The number of carbonyl (C=O) groups excluding carboxylic acids is 2. The number of anilines is 1. The van der Waals surface area contributed by atoms with Crippen LogP contribution in [0.1, 0.15) is 51.9 Å². The van der Waals surface area contributed by atoms with Crippen molar-refractivity contribution in [2.75, 3.05) is 24.5 Å². The van der Waals surface area contributed by atoms with E-state index < -0.39 is 23.3 Å². The Morgan fingerprint density at radius 1 is 1.02 bits per heavy atom. The average molecular weight is 554 g/mol. The molecule has 3 aromatic rings. The predicted molar refractivity (Wildman–Crippen MR) is 144 cm³/mol. The van der Waals surface area contributed by atoms with E-state index in [0.717, 1.165) is 17.5 Å². The van der Waals surface area contributed by atoms with E-state index in [9.17, 15) is 18.4 Å². The molecule has 0 N–H and O–H groups in total. The Morgan fingerprint density at radius 2 is 1.77 bits per heavy atom. The topological polar surface area (TPSA) is 89.8 Å². The van der Waals surface area contributed by atoms with Crippen LogP contribution < -0.4 is 9.64 Å². The molecule has 0 atom stereocenters. The minimum absolute atomic E-state index is 0.0196. The van der Waals surface area contributed by atoms with Gasteiger partial charge >= 0.3 is 6.09 Å². The molecule has 40 heavy (non-hydrogen) atoms. The molecule has 2 aromatic heterocycles. The van der Waals surface area contributed by atoms with Gasteiger partial charge in [-0.1, -0.05) is 0 Å². The number of aromatic nitrogens is 3. The third-order valence-corrected chi connectivity index (χ3v) is 6.94. The van der Waals surface area contributed by atoms with Crippen molar-refractivity contribution >= 4 is 17.8 Å². The fourth-order valence-electron chi connectivity index (χ4n) is 4.91. The van der Waals surface area contributed by atoms with E-state index in [2.05, 4.69) is 4.90 Å². The van der Waals surface area contributed by atoms with E-state index in [1.54, 1.807) is 51.1 Å². The quantitative estimate of drug-likeness (QED) is 0.451. The summed E-state index contributed by atoms with van der Waals surface area (Å²) < 4.78 is 40.1. The lowest BCUT2D eigenvalue weighted by molar-refractivity contribution is -0.129. The van der Waals surface area contributed by atoms with Crippen molar-refractivity contribution in [3.05, 3.63) is 59.7 Å². The number of hydrogen-bond donors (Lipinski definition) is 0. The van der Waals surface area contributed by atoms with Gasteiger partial charge in [0.05, 0.1) is 17.9 Å². The minimum Gasteiger partial charge on any atom is -0.487 e. The molecule has 2 aliphatic heterocycles. The number of nitrogens with zero attached hydrogens (tertiary/aromatic N) is 5. The summed E-state index contributed by atoms with van der Waals surface area (Å²) in [6.07, 6.45) is 4.37. The minimum atomic E-state index is -0.723. The molecule has 1 aromatic carbocycles. The van der Waals surface area contributed by atoms with Crippen LogP contribution in [-0.4, -0.2) is 62.8 Å². The molecule has 0 saturated carbocycles. The molecule has 9 nitrogen and oxygen atoms in total. The highest BCUT2D eigenvalue weighted by Crippen LogP contribution is 2.33. The van der Waals surface area contributed by atoms with E-state index in [0.29, 0.717) is 62.5 Å². The van der Waals surface area contributed by atoms with E-state index in [4.69, 9.17) is 19.4 Å². The highest BCUT2D eigenvalue weighted by Gasteiger charge is 2.29. The number of rotatable bonds is 4. The van der Waals surface area contributed by atoms with Gasteiger partial charge in [0.25, 0.3) is 0 Å². The maximum Gasteiger partial charge on any atom is 0.418 e. The van der Waals surface area contributed by atoms with Crippen LogP contribution in [0.2, 0.25) is 0 Å². The lowest BCUT2D eigenvalue weighted by atomic mass is 10.1. The van der Waals surface area contributed by atoms with E-state index >= 15 is 0 Å². The summed E-state index contributed by atoms with van der Waals surface area (Å²) in [6.45, 7) is 9.07. The highest BCUT2D eigenvalue weighted by atomic mass is 19.1. The maximum atomic E-state index is 14.1. The van der Waals surface area contributed by atoms with Gasteiger partial charge in [0.1, 0.15) is 23.2 Å².